The van der Waals surface area contributed by atoms with E-state index >= 15 is 0 Å². The third kappa shape index (κ3) is 3.36. The van der Waals surface area contributed by atoms with Crippen molar-refractivity contribution in [3.05, 3.63) is 66.2 Å². The molecule has 94 valence electrons. The Labute approximate surface area is 112 Å². The van der Waals surface area contributed by atoms with Crippen LogP contribution < -0.4 is 9.47 Å². The highest BCUT2D eigenvalue weighted by molar-refractivity contribution is 5.64. The minimum Gasteiger partial charge on any atom is -0.497 e. The molecule has 19 heavy (non-hydrogen) atoms. The van der Waals surface area contributed by atoms with E-state index in [-0.39, 0.29) is 0 Å². The summed E-state index contributed by atoms with van der Waals surface area (Å²) in [5.74, 6) is 1.94. The number of ether oxygens (including phenoxy) is 2. The minimum absolute atomic E-state index is 0.522. The first kappa shape index (κ1) is 12.7. The van der Waals surface area contributed by atoms with Crippen LogP contribution in [0.3, 0.4) is 0 Å². The minimum atomic E-state index is 0.522. The second-order valence-electron chi connectivity index (χ2n) is 3.78. The molecule has 0 amide bonds. The number of nitriles is 1. The first-order valence-corrected chi connectivity index (χ1v) is 5.80. The first-order valence-electron chi connectivity index (χ1n) is 5.80. The van der Waals surface area contributed by atoms with Gasteiger partial charge in [0.1, 0.15) is 17.3 Å². The van der Waals surface area contributed by atoms with E-state index in [2.05, 4.69) is 0 Å². The highest BCUT2D eigenvalue weighted by atomic mass is 16.5. The van der Waals surface area contributed by atoms with E-state index in [1.165, 1.54) is 6.08 Å². The highest BCUT2D eigenvalue weighted by Crippen LogP contribution is 2.23. The fourth-order valence-electron chi connectivity index (χ4n) is 1.60. The van der Waals surface area contributed by atoms with Crippen LogP contribution in [-0.2, 0) is 0 Å². The van der Waals surface area contributed by atoms with Gasteiger partial charge < -0.3 is 9.47 Å². The topological polar surface area (TPSA) is 42.2 Å². The number of benzene rings is 2. The van der Waals surface area contributed by atoms with Gasteiger partial charge in [0.2, 0.25) is 0 Å². The van der Waals surface area contributed by atoms with Crippen LogP contribution in [-0.4, -0.2) is 7.11 Å². The molecule has 0 aliphatic carbocycles. The van der Waals surface area contributed by atoms with E-state index in [0.717, 1.165) is 11.3 Å². The number of hydrogen-bond acceptors (Lipinski definition) is 3. The standard InChI is InChI=1S/C16H13NO2/c1-18-14-7-9-15(10-8-14)19-16(11-12-17)13-5-3-2-4-6-13/h2-11H,1H3/b16-11-. The molecular weight excluding hydrogens is 238 g/mol. The van der Waals surface area contributed by atoms with Crippen LogP contribution in [0.1, 0.15) is 5.56 Å². The Hall–Kier alpha value is -2.73. The van der Waals surface area contributed by atoms with Gasteiger partial charge in [-0.2, -0.15) is 5.26 Å². The second kappa shape index (κ2) is 6.27. The number of methoxy groups -OCH3 is 1. The zero-order chi connectivity index (χ0) is 13.5. The molecule has 0 aliphatic heterocycles. The van der Waals surface area contributed by atoms with E-state index in [1.807, 2.05) is 48.5 Å². The van der Waals surface area contributed by atoms with Gasteiger partial charge in [-0.1, -0.05) is 30.3 Å². The molecule has 2 aromatic rings. The fourth-order valence-corrected chi connectivity index (χ4v) is 1.60. The van der Waals surface area contributed by atoms with Crippen molar-refractivity contribution in [1.82, 2.24) is 0 Å². The molecule has 0 aromatic heterocycles. The summed E-state index contributed by atoms with van der Waals surface area (Å²) >= 11 is 0. The molecule has 3 heteroatoms. The molecule has 0 fully saturated rings. The molecule has 0 aliphatic rings. The van der Waals surface area contributed by atoms with Crippen LogP contribution in [0.25, 0.3) is 5.76 Å². The maximum atomic E-state index is 8.83. The highest BCUT2D eigenvalue weighted by Gasteiger charge is 2.04. The third-order valence-corrected chi connectivity index (χ3v) is 2.54. The first-order chi connectivity index (χ1) is 9.33. The van der Waals surface area contributed by atoms with Gasteiger partial charge in [-0.3, -0.25) is 0 Å². The smallest absolute Gasteiger partial charge is 0.145 e. The van der Waals surface area contributed by atoms with E-state index in [1.54, 1.807) is 19.2 Å². The fraction of sp³-hybridized carbons (Fsp3) is 0.0625. The van der Waals surface area contributed by atoms with Crippen LogP contribution in [0.4, 0.5) is 0 Å². The molecule has 0 bridgehead atoms. The Morgan fingerprint density at radius 3 is 2.21 bits per heavy atom. The Morgan fingerprint density at radius 2 is 1.63 bits per heavy atom. The van der Waals surface area contributed by atoms with Gasteiger partial charge >= 0.3 is 0 Å². The van der Waals surface area contributed by atoms with Crippen LogP contribution in [0.2, 0.25) is 0 Å². The molecule has 0 saturated carbocycles. The van der Waals surface area contributed by atoms with Gasteiger partial charge in [-0.15, -0.1) is 0 Å². The monoisotopic (exact) mass is 251 g/mol. The van der Waals surface area contributed by atoms with E-state index in [9.17, 15) is 0 Å². The average Bonchev–Trinajstić information content (AvgIpc) is 2.48. The predicted molar refractivity (Wildman–Crippen MR) is 73.7 cm³/mol. The molecule has 0 N–H and O–H groups in total. The van der Waals surface area contributed by atoms with Gasteiger partial charge in [0.15, 0.2) is 0 Å². The molecule has 0 atom stereocenters. The van der Waals surface area contributed by atoms with Crippen molar-refractivity contribution in [2.24, 2.45) is 0 Å². The zero-order valence-electron chi connectivity index (χ0n) is 10.5. The molecule has 0 unspecified atom stereocenters. The molecule has 0 radical (unpaired) electrons. The quantitative estimate of drug-likeness (QED) is 0.615. The van der Waals surface area contributed by atoms with Crippen molar-refractivity contribution < 1.29 is 9.47 Å². The lowest BCUT2D eigenvalue weighted by molar-refractivity contribution is 0.413. The zero-order valence-corrected chi connectivity index (χ0v) is 10.5. The summed E-state index contributed by atoms with van der Waals surface area (Å²) in [7, 11) is 1.61. The molecule has 0 spiro atoms. The van der Waals surface area contributed by atoms with Crippen molar-refractivity contribution >= 4 is 5.76 Å². The SMILES string of the molecule is COc1ccc(O/C(=C\C#N)c2ccccc2)cc1. The number of hydrogen-bond donors (Lipinski definition) is 0. The number of rotatable bonds is 4. The average molecular weight is 251 g/mol. The van der Waals surface area contributed by atoms with Gasteiger partial charge in [0, 0.05) is 5.56 Å². The van der Waals surface area contributed by atoms with Gasteiger partial charge in [0.05, 0.1) is 19.3 Å². The molecule has 2 aromatic carbocycles. The summed E-state index contributed by atoms with van der Waals surface area (Å²) in [6.45, 7) is 0. The van der Waals surface area contributed by atoms with E-state index in [4.69, 9.17) is 14.7 Å². The number of nitrogens with zero attached hydrogens (tertiary/aromatic N) is 1. The van der Waals surface area contributed by atoms with Crippen LogP contribution in [0, 0.1) is 11.3 Å². The molecule has 0 saturated heterocycles. The van der Waals surface area contributed by atoms with Crippen molar-refractivity contribution in [1.29, 1.82) is 5.26 Å². The van der Waals surface area contributed by atoms with Gasteiger partial charge in [-0.05, 0) is 24.3 Å². The van der Waals surface area contributed by atoms with Gasteiger partial charge in [0.25, 0.3) is 0 Å². The molecule has 2 rings (SSSR count). The summed E-state index contributed by atoms with van der Waals surface area (Å²) in [6.07, 6.45) is 1.39. The summed E-state index contributed by atoms with van der Waals surface area (Å²) < 4.78 is 10.8. The summed E-state index contributed by atoms with van der Waals surface area (Å²) in [4.78, 5) is 0. The molecule has 0 heterocycles. The maximum Gasteiger partial charge on any atom is 0.145 e. The van der Waals surface area contributed by atoms with Crippen molar-refractivity contribution in [2.75, 3.05) is 7.11 Å². The lowest BCUT2D eigenvalue weighted by Crippen LogP contribution is -1.94. The Morgan fingerprint density at radius 1 is 1.00 bits per heavy atom. The van der Waals surface area contributed by atoms with Crippen LogP contribution in [0.5, 0.6) is 11.5 Å². The Bertz CT molecular complexity index is 595. The normalized spacial score (nSPS) is 10.6. The van der Waals surface area contributed by atoms with Crippen molar-refractivity contribution in [3.8, 4) is 17.6 Å². The predicted octanol–water partition coefficient (Wildman–Crippen LogP) is 3.64. The Kier molecular flexibility index (Phi) is 4.20. The third-order valence-electron chi connectivity index (χ3n) is 2.54. The largest absolute Gasteiger partial charge is 0.497 e. The summed E-state index contributed by atoms with van der Waals surface area (Å²) in [6, 6.07) is 18.7. The van der Waals surface area contributed by atoms with Crippen LogP contribution in [0.15, 0.2) is 60.7 Å². The summed E-state index contributed by atoms with van der Waals surface area (Å²) in [5.41, 5.74) is 0.861. The second-order valence-corrected chi connectivity index (χ2v) is 3.78. The van der Waals surface area contributed by atoms with Gasteiger partial charge in [-0.25, -0.2) is 0 Å². The maximum absolute atomic E-state index is 8.83. The van der Waals surface area contributed by atoms with E-state index < -0.39 is 0 Å². The number of allylic oxidation sites excluding steroid dienone is 1. The lowest BCUT2D eigenvalue weighted by Gasteiger charge is -2.09. The van der Waals surface area contributed by atoms with Crippen LogP contribution >= 0.6 is 0 Å². The molecule has 3 nitrogen and oxygen atoms in total. The molecular formula is C16H13NO2. The van der Waals surface area contributed by atoms with Crippen molar-refractivity contribution in [2.45, 2.75) is 0 Å². The van der Waals surface area contributed by atoms with E-state index in [0.29, 0.717) is 11.5 Å². The lowest BCUT2D eigenvalue weighted by atomic mass is 10.2. The van der Waals surface area contributed by atoms with Crippen molar-refractivity contribution in [3.63, 3.8) is 0 Å². The Balaban J connectivity index is 2.22. The summed E-state index contributed by atoms with van der Waals surface area (Å²) in [5, 5.41) is 8.83.